The van der Waals surface area contributed by atoms with E-state index in [0.717, 1.165) is 24.9 Å². The van der Waals surface area contributed by atoms with Crippen molar-refractivity contribution in [3.63, 3.8) is 0 Å². The SMILES string of the molecule is CN1CCOC(C(=O)N[C@H]2CCCO[C@@H]2c2cnn(C)c2)C1. The van der Waals surface area contributed by atoms with Crippen LogP contribution in [0.5, 0.6) is 0 Å². The van der Waals surface area contributed by atoms with Crippen molar-refractivity contribution in [2.75, 3.05) is 33.4 Å². The van der Waals surface area contributed by atoms with Crippen LogP contribution in [0.25, 0.3) is 0 Å². The molecule has 1 aromatic heterocycles. The third-order valence-electron chi connectivity index (χ3n) is 4.27. The van der Waals surface area contributed by atoms with E-state index in [1.54, 1.807) is 10.9 Å². The Morgan fingerprint density at radius 3 is 2.95 bits per heavy atom. The minimum Gasteiger partial charge on any atom is -0.371 e. The predicted molar refractivity (Wildman–Crippen MR) is 80.3 cm³/mol. The summed E-state index contributed by atoms with van der Waals surface area (Å²) in [4.78, 5) is 14.6. The van der Waals surface area contributed by atoms with Crippen molar-refractivity contribution in [3.8, 4) is 0 Å². The largest absolute Gasteiger partial charge is 0.371 e. The fourth-order valence-electron chi connectivity index (χ4n) is 3.06. The van der Waals surface area contributed by atoms with Crippen LogP contribution >= 0.6 is 0 Å². The van der Waals surface area contributed by atoms with E-state index >= 15 is 0 Å². The predicted octanol–water partition coefficient (Wildman–Crippen LogP) is 0.0870. The maximum Gasteiger partial charge on any atom is 0.250 e. The summed E-state index contributed by atoms with van der Waals surface area (Å²) in [5, 5.41) is 7.31. The smallest absolute Gasteiger partial charge is 0.250 e. The Labute approximate surface area is 130 Å². The number of carbonyl (C=O) groups excluding carboxylic acids is 1. The quantitative estimate of drug-likeness (QED) is 0.857. The number of aromatic nitrogens is 2. The van der Waals surface area contributed by atoms with Crippen molar-refractivity contribution >= 4 is 5.91 Å². The first-order valence-electron chi connectivity index (χ1n) is 7.84. The van der Waals surface area contributed by atoms with Gasteiger partial charge in [-0.2, -0.15) is 5.10 Å². The zero-order chi connectivity index (χ0) is 15.5. The Bertz CT molecular complexity index is 519. The summed E-state index contributed by atoms with van der Waals surface area (Å²) in [5.74, 6) is -0.0454. The zero-order valence-electron chi connectivity index (χ0n) is 13.2. The highest BCUT2D eigenvalue weighted by Gasteiger charge is 2.33. The van der Waals surface area contributed by atoms with E-state index in [-0.39, 0.29) is 18.1 Å². The molecular formula is C15H24N4O3. The van der Waals surface area contributed by atoms with E-state index in [1.807, 2.05) is 20.3 Å². The lowest BCUT2D eigenvalue weighted by Crippen LogP contribution is -2.52. The fourth-order valence-corrected chi connectivity index (χ4v) is 3.06. The highest BCUT2D eigenvalue weighted by molar-refractivity contribution is 5.81. The minimum atomic E-state index is -0.393. The molecule has 0 radical (unpaired) electrons. The van der Waals surface area contributed by atoms with Crippen LogP contribution in [-0.4, -0.2) is 66.1 Å². The molecule has 0 spiro atoms. The van der Waals surface area contributed by atoms with Crippen molar-refractivity contribution in [3.05, 3.63) is 18.0 Å². The second-order valence-electron chi connectivity index (χ2n) is 6.12. The second-order valence-corrected chi connectivity index (χ2v) is 6.12. The highest BCUT2D eigenvalue weighted by atomic mass is 16.5. The number of rotatable bonds is 3. The molecule has 2 aliphatic rings. The molecule has 1 aromatic rings. The molecule has 22 heavy (non-hydrogen) atoms. The number of amides is 1. The van der Waals surface area contributed by atoms with E-state index in [4.69, 9.17) is 9.47 Å². The van der Waals surface area contributed by atoms with Crippen LogP contribution in [0.4, 0.5) is 0 Å². The number of likely N-dealkylation sites (N-methyl/N-ethyl adjacent to an activating group) is 1. The third kappa shape index (κ3) is 3.48. The molecule has 3 atom stereocenters. The van der Waals surface area contributed by atoms with Crippen molar-refractivity contribution in [1.82, 2.24) is 20.0 Å². The Balaban J connectivity index is 1.65. The van der Waals surface area contributed by atoms with Crippen LogP contribution in [0.2, 0.25) is 0 Å². The molecule has 2 fully saturated rings. The number of ether oxygens (including phenoxy) is 2. The number of hydrogen-bond donors (Lipinski definition) is 1. The minimum absolute atomic E-state index is 0.0266. The highest BCUT2D eigenvalue weighted by Crippen LogP contribution is 2.28. The molecule has 7 heteroatoms. The molecular weight excluding hydrogens is 284 g/mol. The van der Waals surface area contributed by atoms with Gasteiger partial charge in [-0.15, -0.1) is 0 Å². The van der Waals surface area contributed by atoms with Crippen LogP contribution < -0.4 is 5.32 Å². The lowest BCUT2D eigenvalue weighted by Gasteiger charge is -2.34. The van der Waals surface area contributed by atoms with E-state index in [0.29, 0.717) is 19.8 Å². The molecule has 0 saturated carbocycles. The summed E-state index contributed by atoms with van der Waals surface area (Å²) in [5.41, 5.74) is 1.01. The van der Waals surface area contributed by atoms with E-state index < -0.39 is 6.10 Å². The Morgan fingerprint density at radius 2 is 2.23 bits per heavy atom. The van der Waals surface area contributed by atoms with Gasteiger partial charge in [0.2, 0.25) is 0 Å². The van der Waals surface area contributed by atoms with Gasteiger partial charge in [-0.05, 0) is 19.9 Å². The van der Waals surface area contributed by atoms with Gasteiger partial charge in [0.25, 0.3) is 5.91 Å². The van der Waals surface area contributed by atoms with Gasteiger partial charge in [0, 0.05) is 38.5 Å². The zero-order valence-corrected chi connectivity index (χ0v) is 13.2. The second kappa shape index (κ2) is 6.76. The van der Waals surface area contributed by atoms with Gasteiger partial charge in [-0.25, -0.2) is 0 Å². The maximum absolute atomic E-state index is 12.5. The number of morpholine rings is 1. The molecule has 3 rings (SSSR count). The Kier molecular flexibility index (Phi) is 4.75. The van der Waals surface area contributed by atoms with Crippen LogP contribution in [0.1, 0.15) is 24.5 Å². The average molecular weight is 308 g/mol. The summed E-state index contributed by atoms with van der Waals surface area (Å²) < 4.78 is 13.2. The first-order chi connectivity index (χ1) is 10.6. The molecule has 7 nitrogen and oxygen atoms in total. The molecule has 2 aliphatic heterocycles. The van der Waals surface area contributed by atoms with E-state index in [2.05, 4.69) is 15.3 Å². The van der Waals surface area contributed by atoms with Crippen LogP contribution in [0, 0.1) is 0 Å². The summed E-state index contributed by atoms with van der Waals surface area (Å²) in [6.07, 6.45) is 5.09. The van der Waals surface area contributed by atoms with Crippen LogP contribution in [0.15, 0.2) is 12.4 Å². The van der Waals surface area contributed by atoms with Crippen molar-refractivity contribution < 1.29 is 14.3 Å². The van der Waals surface area contributed by atoms with Gasteiger partial charge < -0.3 is 19.7 Å². The number of nitrogens with one attached hydrogen (secondary N) is 1. The molecule has 1 amide bonds. The van der Waals surface area contributed by atoms with Gasteiger partial charge in [0.15, 0.2) is 0 Å². The monoisotopic (exact) mass is 308 g/mol. The standard InChI is InChI=1S/C15H24N4O3/c1-18-5-7-21-13(10-18)15(20)17-12-4-3-6-22-14(12)11-8-16-19(2)9-11/h8-9,12-14H,3-7,10H2,1-2H3,(H,17,20)/t12-,13?,14+/m0/s1. The average Bonchev–Trinajstić information content (AvgIpc) is 2.94. The number of hydrogen-bond acceptors (Lipinski definition) is 5. The van der Waals surface area contributed by atoms with E-state index in [1.165, 1.54) is 0 Å². The van der Waals surface area contributed by atoms with Gasteiger partial charge in [0.05, 0.1) is 18.8 Å². The first kappa shape index (κ1) is 15.5. The Hall–Kier alpha value is -1.44. The lowest BCUT2D eigenvalue weighted by atomic mass is 9.98. The number of carbonyl (C=O) groups is 1. The van der Waals surface area contributed by atoms with Crippen LogP contribution in [0.3, 0.4) is 0 Å². The third-order valence-corrected chi connectivity index (χ3v) is 4.27. The van der Waals surface area contributed by atoms with Crippen molar-refractivity contribution in [2.24, 2.45) is 7.05 Å². The number of aryl methyl sites for hydroxylation is 1. The molecule has 1 N–H and O–H groups in total. The number of nitrogens with zero attached hydrogens (tertiary/aromatic N) is 3. The lowest BCUT2D eigenvalue weighted by molar-refractivity contribution is -0.140. The normalized spacial score (nSPS) is 30.2. The van der Waals surface area contributed by atoms with E-state index in [9.17, 15) is 4.79 Å². The summed E-state index contributed by atoms with van der Waals surface area (Å²) in [6.45, 7) is 2.82. The fraction of sp³-hybridized carbons (Fsp3) is 0.733. The maximum atomic E-state index is 12.5. The molecule has 2 saturated heterocycles. The van der Waals surface area contributed by atoms with Gasteiger partial charge >= 0.3 is 0 Å². The Morgan fingerprint density at radius 1 is 1.36 bits per heavy atom. The van der Waals surface area contributed by atoms with Gasteiger partial charge in [-0.1, -0.05) is 0 Å². The molecule has 3 heterocycles. The molecule has 0 bridgehead atoms. The van der Waals surface area contributed by atoms with Gasteiger partial charge in [-0.3, -0.25) is 9.48 Å². The summed E-state index contributed by atoms with van der Waals surface area (Å²) in [6, 6.07) is -0.0266. The molecule has 122 valence electrons. The van der Waals surface area contributed by atoms with Crippen molar-refractivity contribution in [1.29, 1.82) is 0 Å². The topological polar surface area (TPSA) is 68.6 Å². The summed E-state index contributed by atoms with van der Waals surface area (Å²) >= 11 is 0. The van der Waals surface area contributed by atoms with Crippen molar-refractivity contribution in [2.45, 2.75) is 31.1 Å². The molecule has 1 unspecified atom stereocenters. The van der Waals surface area contributed by atoms with Crippen LogP contribution in [-0.2, 0) is 21.3 Å². The van der Waals surface area contributed by atoms with Gasteiger partial charge in [0.1, 0.15) is 12.2 Å². The molecule has 0 aliphatic carbocycles. The molecule has 0 aromatic carbocycles. The summed E-state index contributed by atoms with van der Waals surface area (Å²) in [7, 11) is 3.89. The first-order valence-corrected chi connectivity index (χ1v) is 7.84.